The van der Waals surface area contributed by atoms with Gasteiger partial charge in [0.25, 0.3) is 0 Å². The van der Waals surface area contributed by atoms with E-state index >= 15 is 0 Å². The monoisotopic (exact) mass is 1020 g/mol. The van der Waals surface area contributed by atoms with E-state index < -0.39 is 18.6 Å². The Morgan fingerprint density at radius 2 is 0.829 bits per heavy atom. The van der Waals surface area contributed by atoms with E-state index in [0.29, 0.717) is 17.0 Å². The molecule has 0 aliphatic carbocycles. The maximum Gasteiger partial charge on any atom is 0.212 e. The summed E-state index contributed by atoms with van der Waals surface area (Å²) in [5, 5.41) is 0. The van der Waals surface area contributed by atoms with Crippen molar-refractivity contribution in [2.24, 2.45) is 39.5 Å². The van der Waals surface area contributed by atoms with E-state index in [4.69, 9.17) is 6.85 Å². The van der Waals surface area contributed by atoms with Crippen LogP contribution in [0.25, 0.3) is 45.0 Å². The summed E-state index contributed by atoms with van der Waals surface area (Å²) in [7, 11) is 8.29. The summed E-state index contributed by atoms with van der Waals surface area (Å²) in [5.74, 6) is 0.703. The van der Waals surface area contributed by atoms with Crippen LogP contribution in [0.2, 0.25) is 0 Å². The fraction of sp³-hybridized carbons (Fsp3) is 0.389. The third-order valence-corrected chi connectivity index (χ3v) is 14.6. The van der Waals surface area contributed by atoms with E-state index in [1.54, 1.807) is 12.1 Å². The lowest BCUT2D eigenvalue weighted by Crippen LogP contribution is -2.34. The summed E-state index contributed by atoms with van der Waals surface area (Å²) in [6.07, 6.45) is 10.6. The van der Waals surface area contributed by atoms with Gasteiger partial charge in [-0.15, -0.1) is 0 Å². The molecule has 0 radical (unpaired) electrons. The van der Waals surface area contributed by atoms with Gasteiger partial charge in [0, 0.05) is 75.6 Å². The molecule has 0 fully saturated rings. The highest BCUT2D eigenvalue weighted by Gasteiger charge is 2.26. The minimum absolute atomic E-state index is 0.196. The van der Waals surface area contributed by atoms with Crippen molar-refractivity contribution in [3.63, 3.8) is 0 Å². The summed E-state index contributed by atoms with van der Waals surface area (Å²) >= 11 is 0. The second kappa shape index (κ2) is 26.5. The van der Waals surface area contributed by atoms with Crippen molar-refractivity contribution in [3.8, 4) is 45.0 Å². The highest BCUT2D eigenvalue weighted by Crippen LogP contribution is 2.32. The quantitative estimate of drug-likeness (QED) is 0.121. The molecule has 0 amide bonds. The van der Waals surface area contributed by atoms with Crippen molar-refractivity contribution >= 4 is 0 Å². The van der Waals surface area contributed by atoms with Gasteiger partial charge >= 0.3 is 0 Å². The second-order valence-electron chi connectivity index (χ2n) is 23.7. The van der Waals surface area contributed by atoms with Crippen LogP contribution in [0.5, 0.6) is 0 Å². The van der Waals surface area contributed by atoms with Gasteiger partial charge in [-0.3, -0.25) is 0 Å². The number of hydrogen-bond donors (Lipinski definition) is 0. The maximum atomic E-state index is 8.42. The van der Waals surface area contributed by atoms with Gasteiger partial charge in [0.15, 0.2) is 24.8 Å². The SMILES string of the molecule is CCC(C)(CC)c1ccc(-c2ccccc2C)[n+](C)c1.Cc1ccccc1-c1ccc(C(C)(C)C)c[n+]1C.Cc1ccccc1-c1ccc(CC(C)C)c[n+]1C.[2H]C([2H])([2H])c1ccc(-c2ccc(C([2H])([2H])C(C)(C)C)c[n+]2C)c(C)c1. The number of aromatic nitrogens is 4. The molecular weight excluding hydrogens is 921 g/mol. The molecule has 76 heavy (non-hydrogen) atoms. The molecule has 0 unspecified atom stereocenters. The molecule has 4 aromatic carbocycles. The lowest BCUT2D eigenvalue weighted by Gasteiger charge is -2.26. The van der Waals surface area contributed by atoms with Crippen molar-refractivity contribution in [1.82, 2.24) is 0 Å². The highest BCUT2D eigenvalue weighted by atomic mass is 14.9. The molecule has 4 heterocycles. The number of rotatable bonds is 10. The number of aryl methyl sites for hydroxylation is 9. The lowest BCUT2D eigenvalue weighted by molar-refractivity contribution is -0.661. The largest absolute Gasteiger partial charge is 0.212 e. The van der Waals surface area contributed by atoms with E-state index in [1.807, 2.05) is 63.7 Å². The Hall–Kier alpha value is -6.52. The Kier molecular flexibility index (Phi) is 18.4. The van der Waals surface area contributed by atoms with E-state index in [9.17, 15) is 0 Å². The van der Waals surface area contributed by atoms with Crippen LogP contribution in [-0.2, 0) is 51.8 Å². The topological polar surface area (TPSA) is 15.5 Å². The van der Waals surface area contributed by atoms with E-state index in [1.165, 1.54) is 80.0 Å². The van der Waals surface area contributed by atoms with Gasteiger partial charge in [0.1, 0.15) is 28.2 Å². The van der Waals surface area contributed by atoms with Gasteiger partial charge < -0.3 is 0 Å². The Labute approximate surface area is 469 Å². The first kappa shape index (κ1) is 52.9. The van der Waals surface area contributed by atoms with Crippen LogP contribution in [-0.4, -0.2) is 0 Å². The summed E-state index contributed by atoms with van der Waals surface area (Å²) in [4.78, 5) is 0. The number of hydrogen-bond acceptors (Lipinski definition) is 0. The van der Waals surface area contributed by atoms with Crippen LogP contribution >= 0.6 is 0 Å². The molecule has 8 rings (SSSR count). The lowest BCUT2D eigenvalue weighted by atomic mass is 9.78. The van der Waals surface area contributed by atoms with Gasteiger partial charge in [-0.25, -0.2) is 18.3 Å². The maximum absolute atomic E-state index is 8.42. The Bertz CT molecular complexity index is 3390. The van der Waals surface area contributed by atoms with Crippen molar-refractivity contribution in [2.75, 3.05) is 0 Å². The number of nitrogens with zero attached hydrogens (tertiary/aromatic N) is 4. The molecule has 0 aliphatic heterocycles. The molecule has 400 valence electrons. The summed E-state index contributed by atoms with van der Waals surface area (Å²) in [6, 6.07) is 48.0. The van der Waals surface area contributed by atoms with Gasteiger partial charge in [-0.05, 0) is 153 Å². The minimum Gasteiger partial charge on any atom is -0.201 e. The van der Waals surface area contributed by atoms with E-state index in [2.05, 4.69) is 239 Å². The van der Waals surface area contributed by atoms with Crippen LogP contribution in [0.3, 0.4) is 0 Å². The Morgan fingerprint density at radius 3 is 1.20 bits per heavy atom. The normalized spacial score (nSPS) is 12.8. The average molecular weight is 1020 g/mol. The molecule has 0 atom stereocenters. The third kappa shape index (κ3) is 16.5. The molecule has 4 nitrogen and oxygen atoms in total. The molecule has 0 saturated heterocycles. The fourth-order valence-corrected chi connectivity index (χ4v) is 9.70. The predicted molar refractivity (Wildman–Crippen MR) is 324 cm³/mol. The average Bonchev–Trinajstić information content (AvgIpc) is 3.47. The van der Waals surface area contributed by atoms with Crippen LogP contribution in [0.15, 0.2) is 164 Å². The van der Waals surface area contributed by atoms with Crippen LogP contribution < -0.4 is 18.3 Å². The minimum atomic E-state index is -2.11. The first-order valence-electron chi connectivity index (χ1n) is 30.0. The van der Waals surface area contributed by atoms with Gasteiger partial charge in [0.2, 0.25) is 22.8 Å². The fourth-order valence-electron chi connectivity index (χ4n) is 9.70. The first-order chi connectivity index (χ1) is 37.7. The molecule has 0 bridgehead atoms. The molecular formula is C72H96N4+4. The van der Waals surface area contributed by atoms with Crippen molar-refractivity contribution in [3.05, 3.63) is 214 Å². The Morgan fingerprint density at radius 1 is 0.447 bits per heavy atom. The van der Waals surface area contributed by atoms with Crippen molar-refractivity contribution < 1.29 is 25.1 Å². The van der Waals surface area contributed by atoms with Gasteiger partial charge in [-0.2, -0.15) is 0 Å². The molecule has 0 N–H and O–H groups in total. The summed E-state index contributed by atoms with van der Waals surface area (Å²) in [6.45, 7) is 30.1. The number of benzene rings is 4. The zero-order chi connectivity index (χ0) is 60.4. The first-order valence-corrected chi connectivity index (χ1v) is 27.5. The second-order valence-corrected chi connectivity index (χ2v) is 23.7. The van der Waals surface area contributed by atoms with Crippen LogP contribution in [0, 0.1) is 45.9 Å². The molecule has 0 spiro atoms. The number of pyridine rings is 4. The van der Waals surface area contributed by atoms with E-state index in [0.717, 1.165) is 23.2 Å². The van der Waals surface area contributed by atoms with Gasteiger partial charge in [0.05, 0.1) is 0 Å². The van der Waals surface area contributed by atoms with E-state index in [-0.39, 0.29) is 10.8 Å². The van der Waals surface area contributed by atoms with Crippen LogP contribution in [0.4, 0.5) is 0 Å². The van der Waals surface area contributed by atoms with Crippen LogP contribution in [0.1, 0.15) is 146 Å². The summed E-state index contributed by atoms with van der Waals surface area (Å²) < 4.78 is 48.1. The smallest absolute Gasteiger partial charge is 0.201 e. The molecule has 4 heteroatoms. The highest BCUT2D eigenvalue weighted by molar-refractivity contribution is 5.63. The zero-order valence-corrected chi connectivity index (χ0v) is 50.1. The van der Waals surface area contributed by atoms with Crippen molar-refractivity contribution in [2.45, 2.75) is 147 Å². The zero-order valence-electron chi connectivity index (χ0n) is 55.1. The van der Waals surface area contributed by atoms with Crippen molar-refractivity contribution in [1.29, 1.82) is 0 Å². The molecule has 0 saturated carbocycles. The molecule has 0 aliphatic rings. The predicted octanol–water partition coefficient (Wildman–Crippen LogP) is 16.4. The third-order valence-electron chi connectivity index (χ3n) is 14.6. The Balaban J connectivity index is 0.000000200. The standard InChI is InChI=1S/2C19H26N.2C17H22N/c1-14-7-9-17(15(2)11-14)18-10-8-16(13-20(18)6)12-19(3,4)5;1-6-19(4,7-2)16-12-13-18(20(5)14-16)17-11-9-8-10-15(17)3;1-13-8-6-7-9-15(13)16-11-10-14(12-18(16)5)17(2,3)4;1-13(2)11-15-9-10-17(18(4)12-15)16-8-6-5-7-14(16)3/h7-11,13H,12H2,1-6H3;8-14H,6-7H2,1-5H3;6-12H,1-5H3;5-10,12-13H,11H2,1-4H3/q4*+1/i1D3,12D2;;;. The van der Waals surface area contributed by atoms with Gasteiger partial charge in [-0.1, -0.05) is 148 Å². The molecule has 8 aromatic rings. The molecule has 4 aromatic heterocycles. The summed E-state index contributed by atoms with van der Waals surface area (Å²) in [5.41, 5.74) is 19.6.